The Morgan fingerprint density at radius 3 is 2.78 bits per heavy atom. The highest BCUT2D eigenvalue weighted by Gasteiger charge is 2.15. The van der Waals surface area contributed by atoms with Crippen LogP contribution in [0.5, 0.6) is 0 Å². The molecular weight excluding hydrogens is 236 g/mol. The molecule has 4 N–H and O–H groups in total. The van der Waals surface area contributed by atoms with E-state index in [0.717, 1.165) is 0 Å². The second-order valence-corrected chi connectivity index (χ2v) is 4.74. The van der Waals surface area contributed by atoms with E-state index in [1.54, 1.807) is 20.8 Å². The molecule has 1 rings (SSSR count). The van der Waals surface area contributed by atoms with Gasteiger partial charge in [-0.25, -0.2) is 9.78 Å². The minimum atomic E-state index is -0.566. The minimum Gasteiger partial charge on any atom is -0.444 e. The maximum absolute atomic E-state index is 11.4. The first-order valence-corrected chi connectivity index (χ1v) is 5.56. The molecule has 0 fully saturated rings. The number of ether oxygens (including phenoxy) is 1. The first-order valence-electron chi connectivity index (χ1n) is 5.56. The van der Waals surface area contributed by atoms with Crippen molar-refractivity contribution in [2.24, 2.45) is 5.73 Å². The summed E-state index contributed by atoms with van der Waals surface area (Å²) in [4.78, 5) is 29.2. The summed E-state index contributed by atoms with van der Waals surface area (Å²) in [6.07, 6.45) is -0.566. The topological polar surface area (TPSA) is 110 Å². The predicted octanol–water partition coefficient (Wildman–Crippen LogP) is 0.253. The van der Waals surface area contributed by atoms with Crippen LogP contribution in [0.1, 0.15) is 32.3 Å². The number of nitrogens with zero attached hydrogens (tertiary/aromatic N) is 1. The van der Waals surface area contributed by atoms with Gasteiger partial charge in [0.15, 0.2) is 0 Å². The molecule has 0 radical (unpaired) electrons. The first kappa shape index (κ1) is 14.2. The molecule has 0 aromatic carbocycles. The SMILES string of the molecule is CC(C)(C)OC(=O)NCc1nc(CN)cc(=O)[nH]1. The molecular formula is C11H18N4O3. The third-order valence-corrected chi connectivity index (χ3v) is 1.85. The Bertz CT molecular complexity index is 476. The number of aromatic nitrogens is 2. The lowest BCUT2D eigenvalue weighted by molar-refractivity contribution is 0.0522. The average Bonchev–Trinajstić information content (AvgIpc) is 2.23. The van der Waals surface area contributed by atoms with Crippen molar-refractivity contribution in [2.75, 3.05) is 0 Å². The number of nitrogens with one attached hydrogen (secondary N) is 2. The van der Waals surface area contributed by atoms with Gasteiger partial charge in [-0.15, -0.1) is 0 Å². The number of nitrogens with two attached hydrogens (primary N) is 1. The van der Waals surface area contributed by atoms with E-state index >= 15 is 0 Å². The standard InChI is InChI=1S/C11H18N4O3/c1-11(2,3)18-10(17)13-6-8-14-7(5-12)4-9(16)15-8/h4H,5-6,12H2,1-3H3,(H,13,17)(H,14,15,16). The molecule has 0 aliphatic carbocycles. The molecule has 0 saturated carbocycles. The second kappa shape index (κ2) is 5.63. The zero-order valence-electron chi connectivity index (χ0n) is 10.7. The Morgan fingerprint density at radius 1 is 1.56 bits per heavy atom. The van der Waals surface area contributed by atoms with E-state index in [0.29, 0.717) is 11.5 Å². The maximum atomic E-state index is 11.4. The summed E-state index contributed by atoms with van der Waals surface area (Å²) in [5.41, 5.74) is 5.01. The molecule has 1 heterocycles. The molecule has 18 heavy (non-hydrogen) atoms. The summed E-state index contributed by atoms with van der Waals surface area (Å²) in [5.74, 6) is 0.341. The van der Waals surface area contributed by atoms with Gasteiger partial charge in [0.25, 0.3) is 5.56 Å². The molecule has 0 bridgehead atoms. The molecule has 100 valence electrons. The lowest BCUT2D eigenvalue weighted by Gasteiger charge is -2.19. The van der Waals surface area contributed by atoms with Gasteiger partial charge in [-0.05, 0) is 20.8 Å². The number of H-pyrrole nitrogens is 1. The van der Waals surface area contributed by atoms with E-state index in [-0.39, 0.29) is 18.6 Å². The van der Waals surface area contributed by atoms with E-state index in [2.05, 4.69) is 15.3 Å². The van der Waals surface area contributed by atoms with E-state index in [9.17, 15) is 9.59 Å². The Balaban J connectivity index is 2.61. The van der Waals surface area contributed by atoms with Crippen LogP contribution >= 0.6 is 0 Å². The van der Waals surface area contributed by atoms with Crippen LogP contribution in [0.3, 0.4) is 0 Å². The van der Waals surface area contributed by atoms with Crippen LogP contribution in [-0.4, -0.2) is 21.7 Å². The molecule has 0 aliphatic heterocycles. The summed E-state index contributed by atoms with van der Waals surface area (Å²) in [6.45, 7) is 5.55. The van der Waals surface area contributed by atoms with Gasteiger partial charge >= 0.3 is 6.09 Å². The number of hydrogen-bond donors (Lipinski definition) is 3. The normalized spacial score (nSPS) is 11.1. The Kier molecular flexibility index (Phi) is 4.43. The van der Waals surface area contributed by atoms with Gasteiger partial charge in [0.1, 0.15) is 11.4 Å². The number of carbonyl (C=O) groups excluding carboxylic acids is 1. The summed E-state index contributed by atoms with van der Waals surface area (Å²) >= 11 is 0. The number of aromatic amines is 1. The summed E-state index contributed by atoms with van der Waals surface area (Å²) in [5, 5.41) is 2.50. The van der Waals surface area contributed by atoms with Crippen molar-refractivity contribution in [3.8, 4) is 0 Å². The Labute approximate surface area is 105 Å². The molecule has 1 aromatic rings. The second-order valence-electron chi connectivity index (χ2n) is 4.74. The van der Waals surface area contributed by atoms with Crippen LogP contribution in [0.2, 0.25) is 0 Å². The highest BCUT2D eigenvalue weighted by Crippen LogP contribution is 2.06. The third-order valence-electron chi connectivity index (χ3n) is 1.85. The molecule has 7 heteroatoms. The maximum Gasteiger partial charge on any atom is 0.408 e. The van der Waals surface area contributed by atoms with Gasteiger partial charge in [0.05, 0.1) is 12.2 Å². The van der Waals surface area contributed by atoms with Gasteiger partial charge in [-0.3, -0.25) is 4.79 Å². The number of carbonyl (C=O) groups is 1. The van der Waals surface area contributed by atoms with Crippen LogP contribution in [-0.2, 0) is 17.8 Å². The van der Waals surface area contributed by atoms with Crippen LogP contribution < -0.4 is 16.6 Å². The average molecular weight is 254 g/mol. The molecule has 0 aliphatic rings. The lowest BCUT2D eigenvalue weighted by Crippen LogP contribution is -2.33. The van der Waals surface area contributed by atoms with Gasteiger partial charge in [-0.1, -0.05) is 0 Å². The third kappa shape index (κ3) is 4.96. The number of hydrogen-bond acceptors (Lipinski definition) is 5. The van der Waals surface area contributed by atoms with Crippen molar-refractivity contribution in [3.63, 3.8) is 0 Å². The summed E-state index contributed by atoms with van der Waals surface area (Å²) < 4.78 is 5.05. The predicted molar refractivity (Wildman–Crippen MR) is 65.8 cm³/mol. The smallest absolute Gasteiger partial charge is 0.408 e. The Morgan fingerprint density at radius 2 is 2.22 bits per heavy atom. The van der Waals surface area contributed by atoms with Crippen molar-refractivity contribution in [1.29, 1.82) is 0 Å². The van der Waals surface area contributed by atoms with E-state index in [1.807, 2.05) is 0 Å². The van der Waals surface area contributed by atoms with Crippen molar-refractivity contribution in [1.82, 2.24) is 15.3 Å². The molecule has 1 amide bonds. The van der Waals surface area contributed by atoms with Crippen molar-refractivity contribution < 1.29 is 9.53 Å². The van der Waals surface area contributed by atoms with Crippen molar-refractivity contribution in [3.05, 3.63) is 27.9 Å². The number of rotatable bonds is 3. The number of amides is 1. The molecule has 7 nitrogen and oxygen atoms in total. The van der Waals surface area contributed by atoms with Gasteiger partial charge < -0.3 is 20.8 Å². The number of alkyl carbamates (subject to hydrolysis) is 1. The lowest BCUT2D eigenvalue weighted by atomic mass is 10.2. The molecule has 0 spiro atoms. The van der Waals surface area contributed by atoms with Crippen molar-refractivity contribution >= 4 is 6.09 Å². The van der Waals surface area contributed by atoms with Gasteiger partial charge in [0.2, 0.25) is 0 Å². The van der Waals surface area contributed by atoms with E-state index in [1.165, 1.54) is 6.07 Å². The van der Waals surface area contributed by atoms with Crippen LogP contribution in [0.25, 0.3) is 0 Å². The highest BCUT2D eigenvalue weighted by atomic mass is 16.6. The Hall–Kier alpha value is -1.89. The molecule has 0 saturated heterocycles. The fourth-order valence-corrected chi connectivity index (χ4v) is 1.22. The van der Waals surface area contributed by atoms with Crippen molar-refractivity contribution in [2.45, 2.75) is 39.5 Å². The zero-order chi connectivity index (χ0) is 13.8. The fraction of sp³-hybridized carbons (Fsp3) is 0.545. The van der Waals surface area contributed by atoms with E-state index in [4.69, 9.17) is 10.5 Å². The quantitative estimate of drug-likeness (QED) is 0.716. The zero-order valence-corrected chi connectivity index (χ0v) is 10.7. The van der Waals surface area contributed by atoms with Crippen LogP contribution in [0.4, 0.5) is 4.79 Å². The molecule has 1 aromatic heterocycles. The molecule has 0 atom stereocenters. The van der Waals surface area contributed by atoms with Crippen LogP contribution in [0, 0.1) is 0 Å². The first-order chi connectivity index (χ1) is 8.30. The largest absolute Gasteiger partial charge is 0.444 e. The van der Waals surface area contributed by atoms with Gasteiger partial charge in [0, 0.05) is 12.6 Å². The minimum absolute atomic E-state index is 0.0813. The summed E-state index contributed by atoms with van der Waals surface area (Å²) in [7, 11) is 0. The van der Waals surface area contributed by atoms with Gasteiger partial charge in [-0.2, -0.15) is 0 Å². The van der Waals surface area contributed by atoms with Crippen LogP contribution in [0.15, 0.2) is 10.9 Å². The highest BCUT2D eigenvalue weighted by molar-refractivity contribution is 5.67. The van der Waals surface area contributed by atoms with E-state index < -0.39 is 11.7 Å². The summed E-state index contributed by atoms with van der Waals surface area (Å²) in [6, 6.07) is 1.32. The fourth-order valence-electron chi connectivity index (χ4n) is 1.22. The monoisotopic (exact) mass is 254 g/mol. The molecule has 0 unspecified atom stereocenters.